The highest BCUT2D eigenvalue weighted by atomic mass is 127. The Balaban J connectivity index is 0.00000182. The van der Waals surface area contributed by atoms with Gasteiger partial charge in [-0.25, -0.2) is 0 Å². The summed E-state index contributed by atoms with van der Waals surface area (Å²) in [6.45, 7) is 2.44. The Morgan fingerprint density at radius 3 is 2.92 bits per heavy atom. The molecule has 5 nitrogen and oxygen atoms in total. The third-order valence-electron chi connectivity index (χ3n) is 5.24. The summed E-state index contributed by atoms with van der Waals surface area (Å²) >= 11 is 6.45. The zero-order chi connectivity index (χ0) is 16.8. The number of nitrogens with two attached hydrogens (primary N) is 1. The Bertz CT molecular complexity index is 982. The molecule has 0 spiro atoms. The monoisotopic (exact) mass is 473 g/mol. The first-order valence-corrected chi connectivity index (χ1v) is 8.78. The Hall–Kier alpha value is -1.12. The summed E-state index contributed by atoms with van der Waals surface area (Å²) in [5.74, 6) is 1.00. The highest BCUT2D eigenvalue weighted by Gasteiger charge is 2.27. The highest BCUT2D eigenvalue weighted by molar-refractivity contribution is 14.0. The number of hydrogen-bond acceptors (Lipinski definition) is 4. The molecule has 0 amide bonds. The summed E-state index contributed by atoms with van der Waals surface area (Å²) in [6, 6.07) is 5.78. The fraction of sp³-hybridized carbons (Fsp3) is 0.444. The number of fused-ring (bicyclic) bond motifs is 3. The van der Waals surface area contributed by atoms with Gasteiger partial charge in [0, 0.05) is 11.4 Å². The number of hydrogen-bond donors (Lipinski definition) is 1. The Morgan fingerprint density at radius 2 is 2.16 bits per heavy atom. The molecule has 0 bridgehead atoms. The first kappa shape index (κ1) is 18.7. The summed E-state index contributed by atoms with van der Waals surface area (Å²) in [4.78, 5) is 13.2. The maximum Gasteiger partial charge on any atom is 0.264 e. The van der Waals surface area contributed by atoms with Crippen molar-refractivity contribution in [2.45, 2.75) is 38.6 Å². The fourth-order valence-electron chi connectivity index (χ4n) is 4.05. The van der Waals surface area contributed by atoms with Crippen LogP contribution in [0.4, 0.5) is 0 Å². The van der Waals surface area contributed by atoms with Crippen molar-refractivity contribution < 1.29 is 4.52 Å². The molecule has 2 atom stereocenters. The molecule has 7 heteroatoms. The topological polar surface area (TPSA) is 74.0 Å². The standard InChI is InChI=1S/C18H20ClN3O2.HI/c1-10-15-17(21-24-10)16-13(19)6-3-7-14(16)22(18(15)23)12-5-2-4-11(8-12)9-20;/h3,6-7,11-12H,2,4-5,8-9,20H2,1H3;1H. The molecule has 0 saturated heterocycles. The van der Waals surface area contributed by atoms with Crippen LogP contribution in [0.5, 0.6) is 0 Å². The number of pyridine rings is 1. The smallest absolute Gasteiger partial charge is 0.264 e. The van der Waals surface area contributed by atoms with Gasteiger partial charge in [0.2, 0.25) is 0 Å². The predicted octanol–water partition coefficient (Wildman–Crippen LogP) is 4.41. The fourth-order valence-corrected chi connectivity index (χ4v) is 4.31. The van der Waals surface area contributed by atoms with Gasteiger partial charge in [-0.15, -0.1) is 24.0 Å². The lowest BCUT2D eigenvalue weighted by Gasteiger charge is -2.30. The van der Waals surface area contributed by atoms with Crippen LogP contribution in [-0.2, 0) is 0 Å². The molecule has 0 radical (unpaired) electrons. The van der Waals surface area contributed by atoms with Gasteiger partial charge >= 0.3 is 0 Å². The molecule has 1 aliphatic rings. The molecular formula is C18H21ClIN3O2. The van der Waals surface area contributed by atoms with Crippen molar-refractivity contribution in [3.8, 4) is 0 Å². The Kier molecular flexibility index (Phi) is 5.41. The van der Waals surface area contributed by atoms with E-state index in [9.17, 15) is 4.79 Å². The first-order valence-electron chi connectivity index (χ1n) is 8.40. The van der Waals surface area contributed by atoms with Crippen LogP contribution in [0.25, 0.3) is 21.8 Å². The van der Waals surface area contributed by atoms with Crippen LogP contribution >= 0.6 is 35.6 Å². The highest BCUT2D eigenvalue weighted by Crippen LogP contribution is 2.36. The molecule has 1 aliphatic carbocycles. The number of rotatable bonds is 2. The average molecular weight is 474 g/mol. The van der Waals surface area contributed by atoms with E-state index < -0.39 is 0 Å². The number of halogens is 2. The summed E-state index contributed by atoms with van der Waals surface area (Å²) in [6.07, 6.45) is 4.12. The second-order valence-corrected chi connectivity index (χ2v) is 7.10. The second-order valence-electron chi connectivity index (χ2n) is 6.69. The summed E-state index contributed by atoms with van der Waals surface area (Å²) < 4.78 is 7.20. The molecule has 3 aromatic rings. The normalized spacial score (nSPS) is 20.8. The van der Waals surface area contributed by atoms with Crippen LogP contribution in [0.15, 0.2) is 27.5 Å². The summed E-state index contributed by atoms with van der Waals surface area (Å²) in [5.41, 5.74) is 7.23. The largest absolute Gasteiger partial charge is 0.360 e. The summed E-state index contributed by atoms with van der Waals surface area (Å²) in [7, 11) is 0. The van der Waals surface area contributed by atoms with Crippen molar-refractivity contribution in [3.05, 3.63) is 39.3 Å². The minimum Gasteiger partial charge on any atom is -0.360 e. The third kappa shape index (κ3) is 2.98. The number of aryl methyl sites for hydroxylation is 1. The van der Waals surface area contributed by atoms with Crippen LogP contribution in [0.3, 0.4) is 0 Å². The van der Waals surface area contributed by atoms with Crippen molar-refractivity contribution in [3.63, 3.8) is 0 Å². The second kappa shape index (κ2) is 7.25. The zero-order valence-electron chi connectivity index (χ0n) is 14.0. The minimum atomic E-state index is -0.0406. The predicted molar refractivity (Wildman–Crippen MR) is 111 cm³/mol. The van der Waals surface area contributed by atoms with Crippen LogP contribution in [-0.4, -0.2) is 16.3 Å². The van der Waals surface area contributed by atoms with E-state index in [4.69, 9.17) is 21.9 Å². The molecule has 1 fully saturated rings. The molecule has 2 aromatic heterocycles. The lowest BCUT2D eigenvalue weighted by Crippen LogP contribution is -2.31. The summed E-state index contributed by atoms with van der Waals surface area (Å²) in [5, 5.41) is 6.01. The van der Waals surface area contributed by atoms with Crippen molar-refractivity contribution in [2.24, 2.45) is 11.7 Å². The van der Waals surface area contributed by atoms with E-state index in [1.165, 1.54) is 0 Å². The van der Waals surface area contributed by atoms with E-state index in [0.29, 0.717) is 34.1 Å². The van der Waals surface area contributed by atoms with Gasteiger partial charge in [-0.2, -0.15) is 0 Å². The van der Waals surface area contributed by atoms with E-state index in [1.54, 1.807) is 6.92 Å². The van der Waals surface area contributed by atoms with Crippen molar-refractivity contribution >= 4 is 57.4 Å². The molecule has 25 heavy (non-hydrogen) atoms. The molecule has 2 unspecified atom stereocenters. The number of nitrogens with zero attached hydrogens (tertiary/aromatic N) is 2. The van der Waals surface area contributed by atoms with Crippen molar-refractivity contribution in [1.29, 1.82) is 0 Å². The molecule has 4 rings (SSSR count). The molecule has 1 aromatic carbocycles. The van der Waals surface area contributed by atoms with E-state index >= 15 is 0 Å². The molecule has 1 saturated carbocycles. The molecule has 0 aliphatic heterocycles. The van der Waals surface area contributed by atoms with E-state index in [-0.39, 0.29) is 35.6 Å². The van der Waals surface area contributed by atoms with E-state index in [2.05, 4.69) is 5.16 Å². The van der Waals surface area contributed by atoms with Crippen LogP contribution in [0.1, 0.15) is 37.5 Å². The molecule has 2 N–H and O–H groups in total. The number of aromatic nitrogens is 2. The molecular weight excluding hydrogens is 453 g/mol. The van der Waals surface area contributed by atoms with Gasteiger partial charge in [0.05, 0.1) is 10.5 Å². The lowest BCUT2D eigenvalue weighted by atomic mass is 9.85. The quantitative estimate of drug-likeness (QED) is 0.560. The average Bonchev–Trinajstić information content (AvgIpc) is 2.97. The van der Waals surface area contributed by atoms with E-state index in [1.807, 2.05) is 22.8 Å². The van der Waals surface area contributed by atoms with Crippen LogP contribution in [0.2, 0.25) is 5.02 Å². The van der Waals surface area contributed by atoms with Gasteiger partial charge in [-0.3, -0.25) is 4.79 Å². The zero-order valence-corrected chi connectivity index (χ0v) is 17.1. The Labute approximate surface area is 167 Å². The molecule has 134 valence electrons. The SMILES string of the molecule is Cc1onc2c1c(=O)n(C1CCCC(CN)C1)c1cccc(Cl)c21.I. The molecule has 2 heterocycles. The van der Waals surface area contributed by atoms with Gasteiger partial charge in [0.1, 0.15) is 16.7 Å². The van der Waals surface area contributed by atoms with Crippen LogP contribution < -0.4 is 11.3 Å². The lowest BCUT2D eigenvalue weighted by molar-refractivity contribution is 0.273. The van der Waals surface area contributed by atoms with Gasteiger partial charge in [0.25, 0.3) is 5.56 Å². The van der Waals surface area contributed by atoms with Gasteiger partial charge in [-0.05, 0) is 50.8 Å². The van der Waals surface area contributed by atoms with Gasteiger partial charge in [0.15, 0.2) is 0 Å². The van der Waals surface area contributed by atoms with Gasteiger partial charge < -0.3 is 14.8 Å². The maximum atomic E-state index is 13.2. The first-order chi connectivity index (χ1) is 11.6. The third-order valence-corrected chi connectivity index (χ3v) is 5.55. The van der Waals surface area contributed by atoms with Crippen molar-refractivity contribution in [1.82, 2.24) is 9.72 Å². The van der Waals surface area contributed by atoms with Crippen molar-refractivity contribution in [2.75, 3.05) is 6.54 Å². The maximum absolute atomic E-state index is 13.2. The number of benzene rings is 1. The van der Waals surface area contributed by atoms with Crippen LogP contribution in [0, 0.1) is 12.8 Å². The minimum absolute atomic E-state index is 0. The van der Waals surface area contributed by atoms with E-state index in [0.717, 1.165) is 36.6 Å². The van der Waals surface area contributed by atoms with Gasteiger partial charge in [-0.1, -0.05) is 29.2 Å². The Morgan fingerprint density at radius 1 is 1.36 bits per heavy atom.